The van der Waals surface area contributed by atoms with Crippen LogP contribution in [0.3, 0.4) is 0 Å². The highest BCUT2D eigenvalue weighted by Gasteiger charge is 2.32. The summed E-state index contributed by atoms with van der Waals surface area (Å²) in [6, 6.07) is 6.95. The van der Waals surface area contributed by atoms with Gasteiger partial charge in [-0.2, -0.15) is 0 Å². The number of unbranched alkanes of at least 4 members (excludes halogenated alkanes) is 1. The van der Waals surface area contributed by atoms with Gasteiger partial charge in [-0.05, 0) is 61.1 Å². The van der Waals surface area contributed by atoms with Crippen LogP contribution >= 0.6 is 0 Å². The number of benzene rings is 2. The number of carbonyl (C=O) groups excluding carboxylic acids is 1. The van der Waals surface area contributed by atoms with Crippen molar-refractivity contribution in [3.8, 4) is 28.7 Å². The molecule has 2 atom stereocenters. The molecule has 0 radical (unpaired) electrons. The molecule has 1 aliphatic heterocycles. The SMILES string of the molecule is CCCCN(C(=O)NO)c1cc(C2CCC(c3cc(OC)c(OC)c(OC)c3)O2)cc(OC)c1OCCC. The lowest BCUT2D eigenvalue weighted by molar-refractivity contribution is 0.0437. The van der Waals surface area contributed by atoms with Crippen LogP contribution in [0, 0.1) is 0 Å². The summed E-state index contributed by atoms with van der Waals surface area (Å²) in [5, 5.41) is 9.46. The minimum atomic E-state index is -0.637. The molecule has 1 fully saturated rings. The van der Waals surface area contributed by atoms with Gasteiger partial charge < -0.3 is 28.4 Å². The van der Waals surface area contributed by atoms with Gasteiger partial charge in [0.25, 0.3) is 0 Å². The number of ether oxygens (including phenoxy) is 6. The number of carbonyl (C=O) groups is 1. The number of hydrogen-bond acceptors (Lipinski definition) is 8. The maximum atomic E-state index is 12.7. The van der Waals surface area contributed by atoms with Gasteiger partial charge in [-0.15, -0.1) is 0 Å². The van der Waals surface area contributed by atoms with Crippen LogP contribution in [0.2, 0.25) is 0 Å². The van der Waals surface area contributed by atoms with Crippen LogP contribution in [0.1, 0.15) is 69.3 Å². The fourth-order valence-corrected chi connectivity index (χ4v) is 4.62. The minimum Gasteiger partial charge on any atom is -0.493 e. The summed E-state index contributed by atoms with van der Waals surface area (Å²) in [4.78, 5) is 14.2. The second-order valence-electron chi connectivity index (χ2n) is 8.99. The Labute approximate surface area is 224 Å². The Balaban J connectivity index is 2.00. The first-order chi connectivity index (χ1) is 18.5. The highest BCUT2D eigenvalue weighted by Crippen LogP contribution is 2.48. The van der Waals surface area contributed by atoms with Crippen LogP contribution in [-0.2, 0) is 4.74 Å². The summed E-state index contributed by atoms with van der Waals surface area (Å²) in [6.45, 7) is 4.90. The monoisotopic (exact) mass is 532 g/mol. The molecule has 1 heterocycles. The van der Waals surface area contributed by atoms with E-state index in [-0.39, 0.29) is 12.2 Å². The van der Waals surface area contributed by atoms with Crippen molar-refractivity contribution in [2.45, 2.75) is 58.2 Å². The molecular formula is C28H40N2O8. The fraction of sp³-hybridized carbons (Fsp3) is 0.536. The number of methoxy groups -OCH3 is 4. The molecular weight excluding hydrogens is 492 g/mol. The van der Waals surface area contributed by atoms with E-state index < -0.39 is 6.03 Å². The number of nitrogens with zero attached hydrogens (tertiary/aromatic N) is 1. The van der Waals surface area contributed by atoms with E-state index in [0.717, 1.165) is 43.2 Å². The molecule has 0 aromatic heterocycles. The average molecular weight is 533 g/mol. The molecule has 3 rings (SSSR count). The Kier molecular flexibility index (Phi) is 10.7. The van der Waals surface area contributed by atoms with Crippen LogP contribution in [0.25, 0.3) is 0 Å². The predicted octanol–water partition coefficient (Wildman–Crippen LogP) is 5.81. The van der Waals surface area contributed by atoms with Crippen molar-refractivity contribution in [3.05, 3.63) is 35.4 Å². The first-order valence-electron chi connectivity index (χ1n) is 13.0. The Bertz CT molecular complexity index is 1050. The molecule has 2 aromatic rings. The molecule has 0 bridgehead atoms. The summed E-state index contributed by atoms with van der Waals surface area (Å²) < 4.78 is 34.7. The molecule has 2 unspecified atom stereocenters. The van der Waals surface area contributed by atoms with Gasteiger partial charge in [0.2, 0.25) is 5.75 Å². The number of amides is 2. The Hall–Kier alpha value is -3.37. The van der Waals surface area contributed by atoms with Crippen molar-refractivity contribution in [1.82, 2.24) is 5.48 Å². The van der Waals surface area contributed by atoms with Crippen molar-refractivity contribution < 1.29 is 38.4 Å². The Morgan fingerprint density at radius 2 is 1.45 bits per heavy atom. The zero-order valence-corrected chi connectivity index (χ0v) is 23.2. The van der Waals surface area contributed by atoms with Gasteiger partial charge in [-0.1, -0.05) is 20.3 Å². The molecule has 1 saturated heterocycles. The lowest BCUT2D eigenvalue weighted by Crippen LogP contribution is -2.39. The van der Waals surface area contributed by atoms with Gasteiger partial charge >= 0.3 is 6.03 Å². The topological polar surface area (TPSA) is 108 Å². The first kappa shape index (κ1) is 29.2. The average Bonchev–Trinajstić information content (AvgIpc) is 3.45. The van der Waals surface area contributed by atoms with Crippen molar-refractivity contribution in [3.63, 3.8) is 0 Å². The van der Waals surface area contributed by atoms with E-state index in [2.05, 4.69) is 0 Å². The molecule has 0 saturated carbocycles. The van der Waals surface area contributed by atoms with Crippen LogP contribution < -0.4 is 34.1 Å². The summed E-state index contributed by atoms with van der Waals surface area (Å²) >= 11 is 0. The highest BCUT2D eigenvalue weighted by molar-refractivity contribution is 5.93. The molecule has 0 aliphatic carbocycles. The number of hydrogen-bond donors (Lipinski definition) is 2. The molecule has 2 N–H and O–H groups in total. The van der Waals surface area contributed by atoms with Crippen LogP contribution in [0.5, 0.6) is 28.7 Å². The first-order valence-corrected chi connectivity index (χ1v) is 13.0. The molecule has 10 nitrogen and oxygen atoms in total. The van der Waals surface area contributed by atoms with Crippen molar-refractivity contribution in [2.75, 3.05) is 46.5 Å². The van der Waals surface area contributed by atoms with E-state index in [1.807, 2.05) is 38.1 Å². The van der Waals surface area contributed by atoms with Gasteiger partial charge in [-0.3, -0.25) is 10.1 Å². The summed E-state index contributed by atoms with van der Waals surface area (Å²) in [7, 11) is 6.31. The second-order valence-corrected chi connectivity index (χ2v) is 8.99. The van der Waals surface area contributed by atoms with E-state index in [1.165, 1.54) is 4.90 Å². The quantitative estimate of drug-likeness (QED) is 0.246. The van der Waals surface area contributed by atoms with E-state index in [1.54, 1.807) is 33.9 Å². The Morgan fingerprint density at radius 3 is 1.92 bits per heavy atom. The molecule has 210 valence electrons. The smallest absolute Gasteiger partial charge is 0.345 e. The third-order valence-corrected chi connectivity index (χ3v) is 6.55. The van der Waals surface area contributed by atoms with E-state index in [0.29, 0.717) is 47.6 Å². The second kappa shape index (κ2) is 14.0. The van der Waals surface area contributed by atoms with Gasteiger partial charge in [0, 0.05) is 6.54 Å². The zero-order valence-electron chi connectivity index (χ0n) is 23.2. The molecule has 38 heavy (non-hydrogen) atoms. The third-order valence-electron chi connectivity index (χ3n) is 6.55. The van der Waals surface area contributed by atoms with E-state index in [4.69, 9.17) is 28.4 Å². The molecule has 10 heteroatoms. The maximum Gasteiger partial charge on any atom is 0.345 e. The number of hydroxylamine groups is 1. The lowest BCUT2D eigenvalue weighted by atomic mass is 10.0. The van der Waals surface area contributed by atoms with Crippen LogP contribution in [0.4, 0.5) is 10.5 Å². The number of anilines is 1. The number of nitrogens with one attached hydrogen (secondary N) is 1. The largest absolute Gasteiger partial charge is 0.493 e. The van der Waals surface area contributed by atoms with Crippen molar-refractivity contribution in [1.29, 1.82) is 0 Å². The standard InChI is InChI=1S/C28H40N2O8/c1-7-9-12-30(28(31)29-32)20-14-18(15-23(33-3)26(20)37-13-8-2)21-10-11-22(38-21)19-16-24(34-4)27(36-6)25(17-19)35-5/h14-17,21-22,32H,7-13H2,1-6H3,(H,29,31). The van der Waals surface area contributed by atoms with Crippen molar-refractivity contribution >= 4 is 11.7 Å². The fourth-order valence-electron chi connectivity index (χ4n) is 4.62. The minimum absolute atomic E-state index is 0.198. The number of rotatable bonds is 13. The summed E-state index contributed by atoms with van der Waals surface area (Å²) in [6.07, 6.45) is 3.48. The van der Waals surface area contributed by atoms with Crippen LogP contribution in [0.15, 0.2) is 24.3 Å². The summed E-state index contributed by atoms with van der Waals surface area (Å²) in [5.41, 5.74) is 4.06. The normalized spacial score (nSPS) is 16.6. The molecule has 2 amide bonds. The Morgan fingerprint density at radius 1 is 0.895 bits per heavy atom. The predicted molar refractivity (Wildman–Crippen MR) is 143 cm³/mol. The van der Waals surface area contributed by atoms with Gasteiger partial charge in [0.1, 0.15) is 0 Å². The maximum absolute atomic E-state index is 12.7. The van der Waals surface area contributed by atoms with Gasteiger partial charge in [-0.25, -0.2) is 10.3 Å². The van der Waals surface area contributed by atoms with Gasteiger partial charge in [0.05, 0.1) is 52.9 Å². The summed E-state index contributed by atoms with van der Waals surface area (Å²) in [5.74, 6) is 2.61. The zero-order chi connectivity index (χ0) is 27.7. The number of urea groups is 1. The molecule has 0 spiro atoms. The third kappa shape index (κ3) is 6.36. The van der Waals surface area contributed by atoms with Crippen LogP contribution in [-0.4, -0.2) is 52.8 Å². The molecule has 2 aromatic carbocycles. The highest BCUT2D eigenvalue weighted by atomic mass is 16.5. The molecule has 1 aliphatic rings. The van der Waals surface area contributed by atoms with E-state index >= 15 is 0 Å². The lowest BCUT2D eigenvalue weighted by Gasteiger charge is -2.27. The van der Waals surface area contributed by atoms with Crippen molar-refractivity contribution in [2.24, 2.45) is 0 Å². The van der Waals surface area contributed by atoms with Gasteiger partial charge in [0.15, 0.2) is 23.0 Å². The van der Waals surface area contributed by atoms with E-state index in [9.17, 15) is 10.0 Å².